The Morgan fingerprint density at radius 2 is 1.92 bits per heavy atom. The van der Waals surface area contributed by atoms with Gasteiger partial charge < -0.3 is 16.0 Å². The molecular weight excluding hydrogens is 326 g/mol. The van der Waals surface area contributed by atoms with Crippen LogP contribution in [0.5, 0.6) is 0 Å². The second-order valence-electron chi connectivity index (χ2n) is 5.74. The lowest BCUT2D eigenvalue weighted by atomic mass is 10.00. The van der Waals surface area contributed by atoms with Gasteiger partial charge in [0, 0.05) is 23.8 Å². The molecule has 2 amide bonds. The van der Waals surface area contributed by atoms with Gasteiger partial charge in [0.25, 0.3) is 5.91 Å². The summed E-state index contributed by atoms with van der Waals surface area (Å²) in [6.07, 6.45) is 0.857. The summed E-state index contributed by atoms with van der Waals surface area (Å²) in [6.45, 7) is 1.41. The number of rotatable bonds is 4. The monoisotopic (exact) mass is 343 g/mol. The van der Waals surface area contributed by atoms with E-state index in [4.69, 9.17) is 17.3 Å². The van der Waals surface area contributed by atoms with Gasteiger partial charge in [0.1, 0.15) is 0 Å². The molecule has 0 bridgehead atoms. The Morgan fingerprint density at radius 1 is 1.17 bits per heavy atom. The van der Waals surface area contributed by atoms with Crippen LogP contribution in [0, 0.1) is 0 Å². The van der Waals surface area contributed by atoms with Crippen LogP contribution < -0.4 is 11.1 Å². The van der Waals surface area contributed by atoms with Crippen molar-refractivity contribution in [3.63, 3.8) is 0 Å². The van der Waals surface area contributed by atoms with Crippen molar-refractivity contribution < 1.29 is 9.59 Å². The first-order valence-electron chi connectivity index (χ1n) is 7.72. The Labute approximate surface area is 145 Å². The molecule has 0 spiro atoms. The van der Waals surface area contributed by atoms with Crippen molar-refractivity contribution in [1.29, 1.82) is 0 Å². The SMILES string of the molecule is NC(=O)c1cc(Cl)ccc1NCC(=O)N1CCc2ccccc2C1. The molecule has 1 aliphatic rings. The molecule has 0 radical (unpaired) electrons. The van der Waals surface area contributed by atoms with Crippen LogP contribution in [0.4, 0.5) is 5.69 Å². The number of amides is 2. The maximum atomic E-state index is 12.5. The van der Waals surface area contributed by atoms with Gasteiger partial charge in [-0.2, -0.15) is 0 Å². The van der Waals surface area contributed by atoms with Crippen LogP contribution in [0.2, 0.25) is 5.02 Å². The van der Waals surface area contributed by atoms with E-state index in [0.717, 1.165) is 6.42 Å². The molecule has 0 aromatic heterocycles. The highest BCUT2D eigenvalue weighted by molar-refractivity contribution is 6.31. The standard InChI is InChI=1S/C18H18ClN3O2/c19-14-5-6-16(15(9-14)18(20)24)21-10-17(23)22-8-7-12-3-1-2-4-13(12)11-22/h1-6,9,21H,7-8,10-11H2,(H2,20,24). The molecule has 24 heavy (non-hydrogen) atoms. The molecular formula is C18H18ClN3O2. The molecule has 2 aromatic carbocycles. The molecule has 2 aromatic rings. The molecule has 0 aliphatic carbocycles. The van der Waals surface area contributed by atoms with Crippen molar-refractivity contribution in [1.82, 2.24) is 4.90 Å². The zero-order valence-corrected chi connectivity index (χ0v) is 13.8. The average molecular weight is 344 g/mol. The van der Waals surface area contributed by atoms with Crippen molar-refractivity contribution in [3.05, 3.63) is 64.2 Å². The minimum atomic E-state index is -0.584. The normalized spacial score (nSPS) is 13.3. The molecule has 0 unspecified atom stereocenters. The predicted octanol–water partition coefficient (Wildman–Crippen LogP) is 2.44. The number of nitrogens with one attached hydrogen (secondary N) is 1. The number of nitrogens with two attached hydrogens (primary N) is 1. The Bertz CT molecular complexity index is 792. The van der Waals surface area contributed by atoms with E-state index in [-0.39, 0.29) is 18.0 Å². The van der Waals surface area contributed by atoms with Crippen molar-refractivity contribution in [2.24, 2.45) is 5.73 Å². The fraction of sp³-hybridized carbons (Fsp3) is 0.222. The molecule has 0 fully saturated rings. The topological polar surface area (TPSA) is 75.4 Å². The fourth-order valence-corrected chi connectivity index (χ4v) is 3.04. The Morgan fingerprint density at radius 3 is 2.67 bits per heavy atom. The van der Waals surface area contributed by atoms with Gasteiger partial charge in [-0.25, -0.2) is 0 Å². The lowest BCUT2D eigenvalue weighted by Gasteiger charge is -2.29. The first kappa shape index (κ1) is 16.3. The first-order chi connectivity index (χ1) is 11.5. The van der Waals surface area contributed by atoms with Crippen molar-refractivity contribution >= 4 is 29.1 Å². The zero-order valence-electron chi connectivity index (χ0n) is 13.1. The van der Waals surface area contributed by atoms with Gasteiger partial charge in [-0.15, -0.1) is 0 Å². The summed E-state index contributed by atoms with van der Waals surface area (Å²) >= 11 is 5.88. The Balaban J connectivity index is 1.66. The van der Waals surface area contributed by atoms with E-state index in [1.807, 2.05) is 23.1 Å². The third-order valence-electron chi connectivity index (χ3n) is 4.16. The van der Waals surface area contributed by atoms with Gasteiger partial charge in [-0.1, -0.05) is 35.9 Å². The fourth-order valence-electron chi connectivity index (χ4n) is 2.87. The summed E-state index contributed by atoms with van der Waals surface area (Å²) in [6, 6.07) is 12.9. The van der Waals surface area contributed by atoms with E-state index >= 15 is 0 Å². The highest BCUT2D eigenvalue weighted by Crippen LogP contribution is 2.21. The van der Waals surface area contributed by atoms with Gasteiger partial charge in [0.05, 0.1) is 12.1 Å². The molecule has 0 saturated heterocycles. The highest BCUT2D eigenvalue weighted by atomic mass is 35.5. The van der Waals surface area contributed by atoms with E-state index in [0.29, 0.717) is 23.8 Å². The van der Waals surface area contributed by atoms with E-state index in [1.54, 1.807) is 12.1 Å². The lowest BCUT2D eigenvalue weighted by molar-refractivity contribution is -0.130. The molecule has 6 heteroatoms. The van der Waals surface area contributed by atoms with Crippen LogP contribution in [0.3, 0.4) is 0 Å². The minimum absolute atomic E-state index is 0.0186. The number of halogens is 1. The van der Waals surface area contributed by atoms with Gasteiger partial charge in [-0.05, 0) is 35.7 Å². The molecule has 124 valence electrons. The molecule has 0 atom stereocenters. The third-order valence-corrected chi connectivity index (χ3v) is 4.40. The largest absolute Gasteiger partial charge is 0.376 e. The molecule has 5 nitrogen and oxygen atoms in total. The number of hydrogen-bond donors (Lipinski definition) is 2. The Kier molecular flexibility index (Phi) is 4.71. The van der Waals surface area contributed by atoms with Crippen LogP contribution in [-0.4, -0.2) is 29.8 Å². The van der Waals surface area contributed by atoms with Crippen LogP contribution in [0.25, 0.3) is 0 Å². The van der Waals surface area contributed by atoms with E-state index in [1.165, 1.54) is 17.2 Å². The minimum Gasteiger partial charge on any atom is -0.376 e. The van der Waals surface area contributed by atoms with Crippen LogP contribution in [-0.2, 0) is 17.8 Å². The third kappa shape index (κ3) is 3.51. The number of fused-ring (bicyclic) bond motifs is 1. The summed E-state index contributed by atoms with van der Waals surface area (Å²) in [7, 11) is 0. The quantitative estimate of drug-likeness (QED) is 0.895. The summed E-state index contributed by atoms with van der Waals surface area (Å²) in [5.74, 6) is -0.603. The number of carbonyl (C=O) groups excluding carboxylic acids is 2. The number of nitrogens with zero attached hydrogens (tertiary/aromatic N) is 1. The maximum absolute atomic E-state index is 12.5. The second kappa shape index (κ2) is 6.93. The Hall–Kier alpha value is -2.53. The molecule has 3 rings (SSSR count). The first-order valence-corrected chi connectivity index (χ1v) is 8.10. The lowest BCUT2D eigenvalue weighted by Crippen LogP contribution is -2.39. The van der Waals surface area contributed by atoms with E-state index < -0.39 is 5.91 Å². The molecule has 3 N–H and O–H groups in total. The summed E-state index contributed by atoms with van der Waals surface area (Å²) in [5.41, 5.74) is 8.62. The number of primary amides is 1. The number of hydrogen-bond acceptors (Lipinski definition) is 3. The molecule has 1 aliphatic heterocycles. The van der Waals surface area contributed by atoms with Crippen molar-refractivity contribution in [2.45, 2.75) is 13.0 Å². The average Bonchev–Trinajstić information content (AvgIpc) is 2.59. The maximum Gasteiger partial charge on any atom is 0.250 e. The molecule has 1 heterocycles. The summed E-state index contributed by atoms with van der Waals surface area (Å²) in [5, 5.41) is 3.42. The number of benzene rings is 2. The summed E-state index contributed by atoms with van der Waals surface area (Å²) in [4.78, 5) is 25.8. The van der Waals surface area contributed by atoms with Crippen LogP contribution in [0.1, 0.15) is 21.5 Å². The van der Waals surface area contributed by atoms with Crippen molar-refractivity contribution in [2.75, 3.05) is 18.4 Å². The number of anilines is 1. The summed E-state index contributed by atoms with van der Waals surface area (Å²) < 4.78 is 0. The van der Waals surface area contributed by atoms with Crippen LogP contribution in [0.15, 0.2) is 42.5 Å². The highest BCUT2D eigenvalue weighted by Gasteiger charge is 2.20. The van der Waals surface area contributed by atoms with Crippen LogP contribution >= 0.6 is 11.6 Å². The van der Waals surface area contributed by atoms with E-state index in [2.05, 4.69) is 11.4 Å². The molecule has 0 saturated carbocycles. The second-order valence-corrected chi connectivity index (χ2v) is 6.18. The van der Waals surface area contributed by atoms with Gasteiger partial charge in [0.2, 0.25) is 5.91 Å². The van der Waals surface area contributed by atoms with Gasteiger partial charge in [-0.3, -0.25) is 9.59 Å². The zero-order chi connectivity index (χ0) is 17.1. The number of carbonyl (C=O) groups is 2. The van der Waals surface area contributed by atoms with Gasteiger partial charge >= 0.3 is 0 Å². The van der Waals surface area contributed by atoms with E-state index in [9.17, 15) is 9.59 Å². The van der Waals surface area contributed by atoms with Gasteiger partial charge in [0.15, 0.2) is 0 Å². The predicted molar refractivity (Wildman–Crippen MR) is 94.0 cm³/mol. The smallest absolute Gasteiger partial charge is 0.250 e. The van der Waals surface area contributed by atoms with Crippen molar-refractivity contribution in [3.8, 4) is 0 Å².